The van der Waals surface area contributed by atoms with Crippen LogP contribution in [0.25, 0.3) is 11.1 Å². The highest BCUT2D eigenvalue weighted by atomic mass is 16.5. The van der Waals surface area contributed by atoms with E-state index < -0.39 is 11.5 Å². The van der Waals surface area contributed by atoms with Gasteiger partial charge >= 0.3 is 5.97 Å². The van der Waals surface area contributed by atoms with Gasteiger partial charge in [-0.1, -0.05) is 89.2 Å². The van der Waals surface area contributed by atoms with Gasteiger partial charge in [0.15, 0.2) is 0 Å². The lowest BCUT2D eigenvalue weighted by Crippen LogP contribution is -2.61. The third-order valence-electron chi connectivity index (χ3n) is 7.79. The fourth-order valence-electron chi connectivity index (χ4n) is 5.62. The quantitative estimate of drug-likeness (QED) is 0.265. The van der Waals surface area contributed by atoms with Crippen molar-refractivity contribution in [3.63, 3.8) is 0 Å². The fraction of sp³-hybridized carbons (Fsp3) is 0.306. The average Bonchev–Trinajstić information content (AvgIpc) is 3.01. The van der Waals surface area contributed by atoms with Crippen molar-refractivity contribution >= 4 is 11.9 Å². The molecule has 0 saturated heterocycles. The van der Waals surface area contributed by atoms with Crippen LogP contribution in [0.15, 0.2) is 91.3 Å². The fourth-order valence-corrected chi connectivity index (χ4v) is 5.62. The van der Waals surface area contributed by atoms with Crippen molar-refractivity contribution < 1.29 is 19.4 Å². The van der Waals surface area contributed by atoms with Crippen LogP contribution < -0.4 is 4.74 Å². The van der Waals surface area contributed by atoms with Gasteiger partial charge in [0.25, 0.3) is 5.91 Å². The summed E-state index contributed by atoms with van der Waals surface area (Å²) in [5.41, 5.74) is 4.45. The standard InChI is InChI=1S/C34H34N2O4.C2H6/c1-33(2,3)29-13-12-26(19-30(29)40-4)31(37)36-22-27-11-10-25(24-14-16-35-17-15-24)18-28(27)21-34(36,32(38)39)20-23-8-6-5-7-9-23;1-2/h5-19H,20-22H2,1-4H3,(H,38,39);1-2H3. The Morgan fingerprint density at radius 3 is 2.21 bits per heavy atom. The van der Waals surface area contributed by atoms with Crippen LogP contribution in [0.5, 0.6) is 5.75 Å². The van der Waals surface area contributed by atoms with E-state index in [0.29, 0.717) is 11.3 Å². The Kier molecular flexibility index (Phi) is 9.15. The van der Waals surface area contributed by atoms with Crippen molar-refractivity contribution in [3.8, 4) is 16.9 Å². The molecule has 6 nitrogen and oxygen atoms in total. The van der Waals surface area contributed by atoms with E-state index in [9.17, 15) is 14.7 Å². The minimum absolute atomic E-state index is 0.179. The lowest BCUT2D eigenvalue weighted by atomic mass is 9.77. The number of benzene rings is 3. The van der Waals surface area contributed by atoms with Crippen molar-refractivity contribution in [2.75, 3.05) is 7.11 Å². The molecule has 1 aromatic heterocycles. The zero-order valence-electron chi connectivity index (χ0n) is 25.3. The summed E-state index contributed by atoms with van der Waals surface area (Å²) in [7, 11) is 1.59. The van der Waals surface area contributed by atoms with E-state index in [1.165, 1.54) is 0 Å². The third-order valence-corrected chi connectivity index (χ3v) is 7.79. The number of amides is 1. The van der Waals surface area contributed by atoms with Gasteiger partial charge in [-0.05, 0) is 63.1 Å². The zero-order valence-corrected chi connectivity index (χ0v) is 25.3. The second-order valence-electron chi connectivity index (χ2n) is 11.5. The van der Waals surface area contributed by atoms with Gasteiger partial charge in [0.1, 0.15) is 11.3 Å². The molecule has 0 radical (unpaired) electrons. The van der Waals surface area contributed by atoms with Crippen molar-refractivity contribution in [1.29, 1.82) is 0 Å². The van der Waals surface area contributed by atoms with Crippen molar-refractivity contribution in [3.05, 3.63) is 119 Å². The SMILES string of the molecule is CC.COc1cc(C(=O)N2Cc3ccc(-c4ccncc4)cc3CC2(Cc2ccccc2)C(=O)O)ccc1C(C)(C)C. The first-order valence-electron chi connectivity index (χ1n) is 14.4. The molecule has 0 fully saturated rings. The maximum Gasteiger partial charge on any atom is 0.330 e. The van der Waals surface area contributed by atoms with Gasteiger partial charge in [-0.15, -0.1) is 0 Å². The summed E-state index contributed by atoms with van der Waals surface area (Å²) in [6, 6.07) is 24.9. The molecular weight excluding hydrogens is 524 g/mol. The molecule has 2 heterocycles. The number of aliphatic carboxylic acids is 1. The molecule has 42 heavy (non-hydrogen) atoms. The Balaban J connectivity index is 0.00000198. The molecule has 1 unspecified atom stereocenters. The Morgan fingerprint density at radius 1 is 0.905 bits per heavy atom. The molecule has 3 aromatic carbocycles. The van der Waals surface area contributed by atoms with Gasteiger partial charge in [0, 0.05) is 37.3 Å². The summed E-state index contributed by atoms with van der Waals surface area (Å²) in [6.07, 6.45) is 3.86. The molecule has 0 bridgehead atoms. The number of carbonyl (C=O) groups excluding carboxylic acids is 1. The number of hydrogen-bond donors (Lipinski definition) is 1. The monoisotopic (exact) mass is 564 g/mol. The van der Waals surface area contributed by atoms with E-state index in [2.05, 4.69) is 31.8 Å². The van der Waals surface area contributed by atoms with Crippen LogP contribution in [-0.4, -0.2) is 39.5 Å². The lowest BCUT2D eigenvalue weighted by Gasteiger charge is -2.45. The van der Waals surface area contributed by atoms with Gasteiger partial charge in [0.05, 0.1) is 7.11 Å². The predicted octanol–water partition coefficient (Wildman–Crippen LogP) is 7.35. The summed E-state index contributed by atoms with van der Waals surface area (Å²) in [6.45, 7) is 10.4. The minimum Gasteiger partial charge on any atom is -0.496 e. The van der Waals surface area contributed by atoms with Gasteiger partial charge in [0.2, 0.25) is 0 Å². The minimum atomic E-state index is -1.47. The predicted molar refractivity (Wildman–Crippen MR) is 167 cm³/mol. The van der Waals surface area contributed by atoms with Gasteiger partial charge in [-0.2, -0.15) is 0 Å². The number of pyridine rings is 1. The summed E-state index contributed by atoms with van der Waals surface area (Å²) in [4.78, 5) is 33.2. The number of hydrogen-bond acceptors (Lipinski definition) is 4. The average molecular weight is 565 g/mol. The van der Waals surface area contributed by atoms with E-state index >= 15 is 0 Å². The van der Waals surface area contributed by atoms with Crippen molar-refractivity contribution in [1.82, 2.24) is 9.88 Å². The largest absolute Gasteiger partial charge is 0.496 e. The molecule has 0 spiro atoms. The smallest absolute Gasteiger partial charge is 0.330 e. The number of ether oxygens (including phenoxy) is 1. The lowest BCUT2D eigenvalue weighted by molar-refractivity contribution is -0.151. The maximum atomic E-state index is 14.2. The summed E-state index contributed by atoms with van der Waals surface area (Å²) >= 11 is 0. The summed E-state index contributed by atoms with van der Waals surface area (Å²) in [5.74, 6) is -0.745. The van der Waals surface area contributed by atoms with Crippen molar-refractivity contribution in [2.24, 2.45) is 0 Å². The number of carboxylic acids is 1. The first-order valence-corrected chi connectivity index (χ1v) is 14.4. The number of rotatable bonds is 6. The molecule has 1 aliphatic heterocycles. The molecule has 1 aliphatic rings. The molecule has 0 saturated carbocycles. The molecule has 1 N–H and O–H groups in total. The molecule has 0 aliphatic carbocycles. The number of carboxylic acid groups (broad SMARTS) is 1. The highest BCUT2D eigenvalue weighted by Crippen LogP contribution is 2.39. The molecular formula is C36H40N2O4. The number of nitrogens with zero attached hydrogens (tertiary/aromatic N) is 2. The van der Waals surface area contributed by atoms with Crippen LogP contribution in [0.2, 0.25) is 0 Å². The number of fused-ring (bicyclic) bond motifs is 1. The second kappa shape index (κ2) is 12.6. The van der Waals surface area contributed by atoms with Crippen LogP contribution in [0, 0.1) is 0 Å². The first-order chi connectivity index (χ1) is 20.1. The van der Waals surface area contributed by atoms with E-state index in [4.69, 9.17) is 4.74 Å². The van der Waals surface area contributed by atoms with Crippen LogP contribution >= 0.6 is 0 Å². The Morgan fingerprint density at radius 2 is 1.60 bits per heavy atom. The van der Waals surface area contributed by atoms with Gasteiger partial charge in [-0.3, -0.25) is 9.78 Å². The van der Waals surface area contributed by atoms with Crippen LogP contribution in [0.3, 0.4) is 0 Å². The van der Waals surface area contributed by atoms with E-state index in [1.807, 2.05) is 74.5 Å². The normalized spacial score (nSPS) is 16.1. The zero-order chi connectivity index (χ0) is 30.5. The van der Waals surface area contributed by atoms with E-state index in [-0.39, 0.29) is 30.7 Å². The second-order valence-corrected chi connectivity index (χ2v) is 11.5. The third kappa shape index (κ3) is 6.08. The number of aromatic nitrogens is 1. The van der Waals surface area contributed by atoms with Gasteiger partial charge in [-0.25, -0.2) is 4.79 Å². The van der Waals surface area contributed by atoms with E-state index in [1.54, 1.807) is 36.5 Å². The molecule has 6 heteroatoms. The first kappa shape index (κ1) is 30.5. The number of methoxy groups -OCH3 is 1. The Hall–Kier alpha value is -4.45. The van der Waals surface area contributed by atoms with Crippen LogP contribution in [0.1, 0.15) is 67.2 Å². The molecule has 218 valence electrons. The van der Waals surface area contributed by atoms with E-state index in [0.717, 1.165) is 33.4 Å². The Bertz CT molecular complexity index is 1540. The van der Waals surface area contributed by atoms with Crippen LogP contribution in [0.4, 0.5) is 0 Å². The topological polar surface area (TPSA) is 79.7 Å². The summed E-state index contributed by atoms with van der Waals surface area (Å²) in [5, 5.41) is 10.9. The summed E-state index contributed by atoms with van der Waals surface area (Å²) < 4.78 is 5.67. The van der Waals surface area contributed by atoms with Crippen molar-refractivity contribution in [2.45, 2.75) is 65.0 Å². The Labute approximate surface area is 249 Å². The van der Waals surface area contributed by atoms with Gasteiger partial charge < -0.3 is 14.7 Å². The molecule has 1 atom stereocenters. The molecule has 4 aromatic rings. The highest BCUT2D eigenvalue weighted by Gasteiger charge is 2.50. The maximum absolute atomic E-state index is 14.2. The van der Waals surface area contributed by atoms with Crippen LogP contribution in [-0.2, 0) is 29.6 Å². The molecule has 5 rings (SSSR count). The number of carbonyl (C=O) groups is 2. The highest BCUT2D eigenvalue weighted by molar-refractivity contribution is 5.99. The molecule has 1 amide bonds.